The van der Waals surface area contributed by atoms with Crippen LogP contribution in [0.25, 0.3) is 11.1 Å². The maximum absolute atomic E-state index is 12.9. The molecule has 0 aromatic heterocycles. The molecule has 0 N–H and O–H groups in total. The van der Waals surface area contributed by atoms with Gasteiger partial charge in [-0.3, -0.25) is 9.59 Å². The Balaban J connectivity index is 2.51. The molecule has 0 aliphatic heterocycles. The number of methoxy groups -OCH3 is 1. The molecule has 0 saturated heterocycles. The van der Waals surface area contributed by atoms with Crippen LogP contribution in [0.1, 0.15) is 51.3 Å². The molecule has 2 aromatic carbocycles. The van der Waals surface area contributed by atoms with E-state index >= 15 is 0 Å². The van der Waals surface area contributed by atoms with Gasteiger partial charge in [0, 0.05) is 24.1 Å². The van der Waals surface area contributed by atoms with Gasteiger partial charge < -0.3 is 14.4 Å². The van der Waals surface area contributed by atoms with Crippen LogP contribution in [0, 0.1) is 12.3 Å². The van der Waals surface area contributed by atoms with E-state index in [-0.39, 0.29) is 18.3 Å². The summed E-state index contributed by atoms with van der Waals surface area (Å²) in [5.74, 6) is 0.587. The Labute approximate surface area is 186 Å². The Morgan fingerprint density at radius 2 is 1.71 bits per heavy atom. The minimum absolute atomic E-state index is 0.116. The summed E-state index contributed by atoms with van der Waals surface area (Å²) in [6.45, 7) is 13.2. The van der Waals surface area contributed by atoms with E-state index in [1.54, 1.807) is 14.0 Å². The first-order valence-corrected chi connectivity index (χ1v) is 10.8. The van der Waals surface area contributed by atoms with Gasteiger partial charge in [0.15, 0.2) is 0 Å². The molecule has 0 saturated carbocycles. The highest BCUT2D eigenvalue weighted by molar-refractivity contribution is 5.82. The maximum Gasteiger partial charge on any atom is 0.310 e. The van der Waals surface area contributed by atoms with Crippen LogP contribution in [0.3, 0.4) is 0 Å². The lowest BCUT2D eigenvalue weighted by atomic mass is 9.92. The molecule has 2 aromatic rings. The van der Waals surface area contributed by atoms with E-state index < -0.39 is 5.41 Å². The van der Waals surface area contributed by atoms with Crippen LogP contribution in [0.4, 0.5) is 0 Å². The van der Waals surface area contributed by atoms with Crippen LogP contribution in [0.2, 0.25) is 0 Å². The average molecular weight is 426 g/mol. The molecule has 1 amide bonds. The molecule has 2 rings (SSSR count). The first-order valence-electron chi connectivity index (χ1n) is 10.8. The second kappa shape index (κ2) is 10.5. The van der Waals surface area contributed by atoms with Crippen LogP contribution in [-0.4, -0.2) is 37.0 Å². The topological polar surface area (TPSA) is 55.8 Å². The molecule has 0 aliphatic carbocycles. The first-order chi connectivity index (χ1) is 14.6. The van der Waals surface area contributed by atoms with Crippen molar-refractivity contribution in [2.75, 3.05) is 20.3 Å². The van der Waals surface area contributed by atoms with Crippen molar-refractivity contribution in [3.05, 3.63) is 53.1 Å². The van der Waals surface area contributed by atoms with Gasteiger partial charge in [-0.05, 0) is 49.6 Å². The van der Waals surface area contributed by atoms with Gasteiger partial charge in [0.25, 0.3) is 0 Å². The highest BCUT2D eigenvalue weighted by Crippen LogP contribution is 2.35. The smallest absolute Gasteiger partial charge is 0.310 e. The minimum atomic E-state index is -0.447. The highest BCUT2D eigenvalue weighted by Gasteiger charge is 2.27. The zero-order valence-electron chi connectivity index (χ0n) is 19.9. The Kier molecular flexibility index (Phi) is 8.26. The van der Waals surface area contributed by atoms with Crippen molar-refractivity contribution in [3.8, 4) is 16.9 Å². The fourth-order valence-electron chi connectivity index (χ4n) is 3.58. The normalized spacial score (nSPS) is 11.2. The fraction of sp³-hybridized carbons (Fsp3) is 0.462. The van der Waals surface area contributed by atoms with E-state index in [0.29, 0.717) is 19.7 Å². The molecule has 0 heterocycles. The molecular weight excluding hydrogens is 390 g/mol. The lowest BCUT2D eigenvalue weighted by Crippen LogP contribution is -2.39. The second-order valence-corrected chi connectivity index (χ2v) is 8.75. The Morgan fingerprint density at radius 1 is 1.00 bits per heavy atom. The molecule has 5 heteroatoms. The third kappa shape index (κ3) is 6.33. The van der Waals surface area contributed by atoms with E-state index in [4.69, 9.17) is 9.47 Å². The number of nitrogens with zero attached hydrogens (tertiary/aromatic N) is 1. The van der Waals surface area contributed by atoms with Gasteiger partial charge in [0.1, 0.15) is 5.75 Å². The largest absolute Gasteiger partial charge is 0.496 e. The van der Waals surface area contributed by atoms with Gasteiger partial charge in [-0.2, -0.15) is 0 Å². The molecule has 0 spiro atoms. The van der Waals surface area contributed by atoms with Gasteiger partial charge in [-0.15, -0.1) is 0 Å². The Bertz CT molecular complexity index is 927. The third-order valence-electron chi connectivity index (χ3n) is 5.14. The average Bonchev–Trinajstić information content (AvgIpc) is 2.71. The van der Waals surface area contributed by atoms with Gasteiger partial charge >= 0.3 is 5.97 Å². The SMILES string of the molecule is CCOC(=O)Cc1ccc(OC)c(-c2ccc(C)cc2CN(CC)C(=O)C(C)(C)C)c1. The number of amides is 1. The number of rotatable bonds is 8. The number of hydrogen-bond donors (Lipinski definition) is 0. The second-order valence-electron chi connectivity index (χ2n) is 8.75. The summed E-state index contributed by atoms with van der Waals surface area (Å²) in [7, 11) is 1.64. The number of hydrogen-bond acceptors (Lipinski definition) is 4. The summed E-state index contributed by atoms with van der Waals surface area (Å²) < 4.78 is 10.7. The third-order valence-corrected chi connectivity index (χ3v) is 5.14. The van der Waals surface area contributed by atoms with Crippen LogP contribution in [0.15, 0.2) is 36.4 Å². The molecule has 0 aliphatic rings. The quantitative estimate of drug-likeness (QED) is 0.548. The van der Waals surface area contributed by atoms with E-state index in [0.717, 1.165) is 33.6 Å². The molecule has 0 unspecified atom stereocenters. The van der Waals surface area contributed by atoms with E-state index in [2.05, 4.69) is 18.2 Å². The molecule has 0 fully saturated rings. The van der Waals surface area contributed by atoms with E-state index in [9.17, 15) is 9.59 Å². The van der Waals surface area contributed by atoms with Crippen molar-refractivity contribution < 1.29 is 19.1 Å². The molecule has 0 bridgehead atoms. The number of ether oxygens (including phenoxy) is 2. The van der Waals surface area contributed by atoms with Gasteiger partial charge in [-0.1, -0.05) is 50.6 Å². The van der Waals surface area contributed by atoms with Gasteiger partial charge in [0.2, 0.25) is 5.91 Å². The predicted octanol–water partition coefficient (Wildman–Crippen LogP) is 5.17. The van der Waals surface area contributed by atoms with Gasteiger partial charge in [0.05, 0.1) is 20.1 Å². The zero-order chi connectivity index (χ0) is 23.2. The summed E-state index contributed by atoms with van der Waals surface area (Å²) >= 11 is 0. The van der Waals surface area contributed by atoms with Crippen LogP contribution in [0.5, 0.6) is 5.75 Å². The number of esters is 1. The summed E-state index contributed by atoms with van der Waals surface area (Å²) in [5, 5.41) is 0. The van der Waals surface area contributed by atoms with E-state index in [1.165, 1.54) is 0 Å². The maximum atomic E-state index is 12.9. The highest BCUT2D eigenvalue weighted by atomic mass is 16.5. The standard InChI is InChI=1S/C26H35NO4/c1-8-27(25(29)26(4,5)6)17-20-14-18(3)10-12-21(20)22-15-19(11-13-23(22)30-7)16-24(28)31-9-2/h10-15H,8-9,16-17H2,1-7H3. The number of benzene rings is 2. The fourth-order valence-corrected chi connectivity index (χ4v) is 3.58. The van der Waals surface area contributed by atoms with Crippen molar-refractivity contribution in [2.24, 2.45) is 5.41 Å². The number of carbonyl (C=O) groups excluding carboxylic acids is 2. The summed E-state index contributed by atoms with van der Waals surface area (Å²) in [4.78, 5) is 26.8. The van der Waals surface area contributed by atoms with Crippen molar-refractivity contribution in [3.63, 3.8) is 0 Å². The zero-order valence-corrected chi connectivity index (χ0v) is 19.9. The lowest BCUT2D eigenvalue weighted by Gasteiger charge is -2.29. The van der Waals surface area contributed by atoms with Crippen molar-refractivity contribution in [1.29, 1.82) is 0 Å². The molecule has 31 heavy (non-hydrogen) atoms. The Hall–Kier alpha value is -2.82. The number of carbonyl (C=O) groups is 2. The summed E-state index contributed by atoms with van der Waals surface area (Å²) in [6.07, 6.45) is 0.204. The van der Waals surface area contributed by atoms with Crippen molar-refractivity contribution in [1.82, 2.24) is 4.90 Å². The van der Waals surface area contributed by atoms with Crippen molar-refractivity contribution in [2.45, 2.75) is 54.5 Å². The summed E-state index contributed by atoms with van der Waals surface area (Å²) in [6, 6.07) is 12.0. The molecule has 0 atom stereocenters. The monoisotopic (exact) mass is 425 g/mol. The summed E-state index contributed by atoms with van der Waals surface area (Å²) in [5.41, 5.74) is 4.48. The lowest BCUT2D eigenvalue weighted by molar-refractivity contribution is -0.142. The van der Waals surface area contributed by atoms with Crippen LogP contribution >= 0.6 is 0 Å². The molecule has 0 radical (unpaired) electrons. The molecular formula is C26H35NO4. The first kappa shape index (κ1) is 24.4. The minimum Gasteiger partial charge on any atom is -0.496 e. The molecule has 168 valence electrons. The molecule has 5 nitrogen and oxygen atoms in total. The van der Waals surface area contributed by atoms with E-state index in [1.807, 2.05) is 57.7 Å². The Morgan fingerprint density at radius 3 is 2.29 bits per heavy atom. The van der Waals surface area contributed by atoms with Crippen molar-refractivity contribution >= 4 is 11.9 Å². The van der Waals surface area contributed by atoms with Crippen LogP contribution in [-0.2, 0) is 27.3 Å². The van der Waals surface area contributed by atoms with Crippen LogP contribution < -0.4 is 4.74 Å². The van der Waals surface area contributed by atoms with Gasteiger partial charge in [-0.25, -0.2) is 0 Å². The predicted molar refractivity (Wildman–Crippen MR) is 124 cm³/mol. The number of aryl methyl sites for hydroxylation is 1.